The largest absolute Gasteiger partial charge is 0.462 e. The maximum absolute atomic E-state index is 12.3. The summed E-state index contributed by atoms with van der Waals surface area (Å²) in [6.45, 7) is 2.04. The summed E-state index contributed by atoms with van der Waals surface area (Å²) in [6, 6.07) is 7.27. The molecule has 1 aromatic rings. The molecule has 114 valence electrons. The van der Waals surface area contributed by atoms with Crippen molar-refractivity contribution >= 4 is 55.5 Å². The zero-order valence-electron chi connectivity index (χ0n) is 11.6. The molecule has 1 aliphatic heterocycles. The Labute approximate surface area is 139 Å². The Kier molecular flexibility index (Phi) is 4.19. The van der Waals surface area contributed by atoms with E-state index in [-0.39, 0.29) is 6.61 Å². The van der Waals surface area contributed by atoms with Gasteiger partial charge in [0.1, 0.15) is 11.3 Å². The molecule has 1 heterocycles. The van der Waals surface area contributed by atoms with Crippen LogP contribution in [0.25, 0.3) is 10.6 Å². The number of anilines is 3. The summed E-state index contributed by atoms with van der Waals surface area (Å²) in [5.74, 6) is -0.450. The van der Waals surface area contributed by atoms with E-state index in [1.807, 2.05) is 18.2 Å². The number of nitrogens with zero attached hydrogens (tertiary/aromatic N) is 1. The highest BCUT2D eigenvalue weighted by molar-refractivity contribution is 7.68. The van der Waals surface area contributed by atoms with Crippen molar-refractivity contribution in [3.05, 3.63) is 34.9 Å². The molecule has 0 aromatic heterocycles. The van der Waals surface area contributed by atoms with E-state index in [2.05, 4.69) is 9.69 Å². The predicted octanol–water partition coefficient (Wildman–Crippen LogP) is 4.47. The summed E-state index contributed by atoms with van der Waals surface area (Å²) in [4.78, 5) is 13.1. The molecule has 0 unspecified atom stereocenters. The highest BCUT2D eigenvalue weighted by Crippen LogP contribution is 2.48. The minimum absolute atomic E-state index is 0.281. The average molecular weight is 354 g/mol. The van der Waals surface area contributed by atoms with E-state index in [0.717, 1.165) is 4.88 Å². The summed E-state index contributed by atoms with van der Waals surface area (Å²) in [7, 11) is 2.71. The Hall–Kier alpha value is -1.83. The summed E-state index contributed by atoms with van der Waals surface area (Å²) in [5, 5.41) is 3.60. The summed E-state index contributed by atoms with van der Waals surface area (Å²) in [5.41, 5.74) is 8.58. The van der Waals surface area contributed by atoms with Crippen LogP contribution in [0.1, 0.15) is 17.3 Å². The molecule has 1 aromatic carbocycles. The molecule has 0 saturated heterocycles. The van der Waals surface area contributed by atoms with E-state index < -0.39 is 5.97 Å². The Balaban J connectivity index is 2.11. The number of esters is 1. The number of para-hydroxylation sites is 2. The molecule has 5 nitrogen and oxygen atoms in total. The molecular formula is C14H12ClN3O2S2. The Bertz CT molecular complexity index is 799. The zero-order chi connectivity index (χ0) is 15.7. The van der Waals surface area contributed by atoms with Crippen LogP contribution in [-0.2, 0) is 4.74 Å². The molecule has 0 bridgehead atoms. The fourth-order valence-electron chi connectivity index (χ4n) is 2.08. The van der Waals surface area contributed by atoms with E-state index in [9.17, 15) is 4.79 Å². The first kappa shape index (κ1) is 15.1. The van der Waals surface area contributed by atoms with Crippen molar-refractivity contribution in [3.8, 4) is 10.6 Å². The van der Waals surface area contributed by atoms with Crippen LogP contribution in [0.2, 0.25) is 5.02 Å². The Morgan fingerprint density at radius 3 is 2.95 bits per heavy atom. The predicted molar refractivity (Wildman–Crippen MR) is 91.7 cm³/mol. The monoisotopic (exact) mass is 353 g/mol. The molecule has 22 heavy (non-hydrogen) atoms. The number of nitrogens with two attached hydrogens (primary N) is 1. The van der Waals surface area contributed by atoms with Gasteiger partial charge in [0.15, 0.2) is 0 Å². The van der Waals surface area contributed by atoms with E-state index in [4.69, 9.17) is 22.1 Å². The van der Waals surface area contributed by atoms with Crippen molar-refractivity contribution in [1.82, 2.24) is 4.37 Å². The normalized spacial score (nSPS) is 10.8. The summed E-state index contributed by atoms with van der Waals surface area (Å²) < 4.78 is 9.40. The van der Waals surface area contributed by atoms with Gasteiger partial charge in [-0.3, -0.25) is 0 Å². The summed E-state index contributed by atoms with van der Waals surface area (Å²) >= 11 is 6.42. The van der Waals surface area contributed by atoms with Gasteiger partial charge >= 0.3 is 5.97 Å². The number of benzene rings is 1. The van der Waals surface area contributed by atoms with Crippen molar-refractivity contribution in [3.63, 3.8) is 0 Å². The van der Waals surface area contributed by atoms with Crippen molar-refractivity contribution in [1.29, 1.82) is 0 Å². The Morgan fingerprint density at radius 2 is 2.23 bits per heavy atom. The molecule has 0 radical (unpaired) electrons. The second-order valence-corrected chi connectivity index (χ2v) is 6.66. The second kappa shape index (κ2) is 6.12. The lowest BCUT2D eigenvalue weighted by atomic mass is 10.2. The van der Waals surface area contributed by atoms with Gasteiger partial charge in [0.05, 0.1) is 33.6 Å². The van der Waals surface area contributed by atoms with E-state index >= 15 is 0 Å². The molecule has 0 spiro atoms. The van der Waals surface area contributed by atoms with Crippen LogP contribution in [0, 0.1) is 0 Å². The number of hydrogen-bond acceptors (Lipinski definition) is 7. The number of aromatic nitrogens is 1. The molecule has 0 atom stereocenters. The lowest BCUT2D eigenvalue weighted by molar-refractivity contribution is 0.0528. The molecule has 2 aliphatic rings. The van der Waals surface area contributed by atoms with Crippen LogP contribution in [0.4, 0.5) is 17.1 Å². The number of rotatable bonds is 4. The van der Waals surface area contributed by atoms with Crippen LogP contribution >= 0.6 is 32.5 Å². The number of nitrogens with one attached hydrogen (secondary N) is 1. The number of carbonyl (C=O) groups excluding carboxylic acids is 1. The van der Waals surface area contributed by atoms with Crippen LogP contribution in [-0.4, -0.2) is 16.9 Å². The molecule has 0 amide bonds. The van der Waals surface area contributed by atoms with Crippen LogP contribution in [0.15, 0.2) is 24.3 Å². The molecule has 1 aliphatic carbocycles. The van der Waals surface area contributed by atoms with Gasteiger partial charge in [0, 0.05) is 10.5 Å². The number of carbonyl (C=O) groups is 1. The number of halogens is 1. The lowest BCUT2D eigenvalue weighted by Crippen LogP contribution is -2.07. The van der Waals surface area contributed by atoms with Crippen molar-refractivity contribution in [2.45, 2.75) is 6.92 Å². The second-order valence-electron chi connectivity index (χ2n) is 4.42. The van der Waals surface area contributed by atoms with E-state index in [0.29, 0.717) is 33.3 Å². The molecule has 8 heteroatoms. The van der Waals surface area contributed by atoms with Crippen molar-refractivity contribution in [2.75, 3.05) is 17.7 Å². The molecule has 3 N–H and O–H groups in total. The third-order valence-corrected chi connectivity index (χ3v) is 5.40. The number of fused-ring (bicyclic) bond motifs is 1. The van der Waals surface area contributed by atoms with Gasteiger partial charge in [0.25, 0.3) is 0 Å². The van der Waals surface area contributed by atoms with Gasteiger partial charge < -0.3 is 15.8 Å². The maximum atomic E-state index is 12.3. The fraction of sp³-hybridized carbons (Fsp3) is 0.143. The molecule has 0 saturated carbocycles. The van der Waals surface area contributed by atoms with Crippen LogP contribution in [0.5, 0.6) is 0 Å². The van der Waals surface area contributed by atoms with Gasteiger partial charge in [-0.05, 0) is 19.1 Å². The number of hydrogen-bond donors (Lipinski definition) is 2. The third kappa shape index (κ3) is 2.51. The maximum Gasteiger partial charge on any atom is 0.342 e. The highest BCUT2D eigenvalue weighted by Gasteiger charge is 2.31. The average Bonchev–Trinajstić information content (AvgIpc) is 3.05. The van der Waals surface area contributed by atoms with Gasteiger partial charge in [0.2, 0.25) is 0 Å². The third-order valence-electron chi connectivity index (χ3n) is 3.07. The van der Waals surface area contributed by atoms with Crippen molar-refractivity contribution in [2.24, 2.45) is 0 Å². The standard InChI is InChI=1S/C14H12ClN3O2S2/c1-2-20-14(19)9-11(10(15)13-12(9)18-22-21-13)17-8-6-4-3-5-7(8)16/h3-6,17H,2,16H2,1H3. The number of ether oxygens (including phenoxy) is 1. The minimum atomic E-state index is -0.450. The van der Waals surface area contributed by atoms with Crippen LogP contribution < -0.4 is 11.1 Å². The quantitative estimate of drug-likeness (QED) is 0.411. The fourth-order valence-corrected chi connectivity index (χ4v) is 4.44. The van der Waals surface area contributed by atoms with Gasteiger partial charge in [-0.25, -0.2) is 4.79 Å². The topological polar surface area (TPSA) is 77.2 Å². The zero-order valence-corrected chi connectivity index (χ0v) is 13.9. The molecule has 3 rings (SSSR count). The minimum Gasteiger partial charge on any atom is -0.462 e. The highest BCUT2D eigenvalue weighted by atomic mass is 35.5. The van der Waals surface area contributed by atoms with Gasteiger partial charge in [-0.2, -0.15) is 4.37 Å². The first-order chi connectivity index (χ1) is 10.6. The molecular weight excluding hydrogens is 342 g/mol. The lowest BCUT2D eigenvalue weighted by Gasteiger charge is -2.10. The number of nitrogen functional groups attached to an aromatic ring is 1. The SMILES string of the molecule is CCOC(=O)c1c2nssc-2c(Cl)c1Nc1ccccc1N. The smallest absolute Gasteiger partial charge is 0.342 e. The van der Waals surface area contributed by atoms with Gasteiger partial charge in [-0.1, -0.05) is 34.1 Å². The van der Waals surface area contributed by atoms with E-state index in [1.165, 1.54) is 20.9 Å². The van der Waals surface area contributed by atoms with Crippen molar-refractivity contribution < 1.29 is 9.53 Å². The summed E-state index contributed by atoms with van der Waals surface area (Å²) in [6.07, 6.45) is 0. The first-order valence-electron chi connectivity index (χ1n) is 6.49. The Morgan fingerprint density at radius 1 is 1.45 bits per heavy atom. The van der Waals surface area contributed by atoms with Gasteiger partial charge in [-0.15, -0.1) is 0 Å². The first-order valence-corrected chi connectivity index (χ1v) is 8.97. The van der Waals surface area contributed by atoms with Crippen LogP contribution in [0.3, 0.4) is 0 Å². The van der Waals surface area contributed by atoms with E-state index in [1.54, 1.807) is 13.0 Å². The molecule has 0 fully saturated rings.